The molecule has 100 valence electrons. The Morgan fingerprint density at radius 2 is 2.06 bits per heavy atom. The van der Waals surface area contributed by atoms with Crippen LogP contribution in [0.3, 0.4) is 0 Å². The van der Waals surface area contributed by atoms with Gasteiger partial charge in [-0.1, -0.05) is 12.8 Å². The molecular formula is C14H22N2O2. The van der Waals surface area contributed by atoms with Crippen LogP contribution in [0.4, 0.5) is 5.69 Å². The number of aryl methyl sites for hydroxylation is 1. The SMILES string of the molecule is Nc1ccc(=O)n(CCCCC2CCOCC2)c1. The Bertz CT molecular complexity index is 422. The summed E-state index contributed by atoms with van der Waals surface area (Å²) in [5.41, 5.74) is 6.36. The molecule has 4 nitrogen and oxygen atoms in total. The van der Waals surface area contributed by atoms with Crippen molar-refractivity contribution in [1.29, 1.82) is 0 Å². The maximum Gasteiger partial charge on any atom is 0.250 e. The van der Waals surface area contributed by atoms with Crippen LogP contribution in [0.15, 0.2) is 23.1 Å². The fourth-order valence-corrected chi connectivity index (χ4v) is 2.47. The van der Waals surface area contributed by atoms with Gasteiger partial charge in [0.1, 0.15) is 0 Å². The number of unbranched alkanes of at least 4 members (excludes halogenated alkanes) is 1. The van der Waals surface area contributed by atoms with Crippen molar-refractivity contribution in [2.24, 2.45) is 5.92 Å². The fourth-order valence-electron chi connectivity index (χ4n) is 2.47. The highest BCUT2D eigenvalue weighted by atomic mass is 16.5. The Hall–Kier alpha value is -1.29. The minimum atomic E-state index is 0.0373. The van der Waals surface area contributed by atoms with Crippen molar-refractivity contribution in [3.63, 3.8) is 0 Å². The van der Waals surface area contributed by atoms with Crippen molar-refractivity contribution in [2.75, 3.05) is 18.9 Å². The number of pyridine rings is 1. The Morgan fingerprint density at radius 3 is 2.83 bits per heavy atom. The normalized spacial score (nSPS) is 16.9. The number of rotatable bonds is 5. The topological polar surface area (TPSA) is 57.2 Å². The molecule has 0 atom stereocenters. The Balaban J connectivity index is 1.71. The van der Waals surface area contributed by atoms with Gasteiger partial charge in [0.25, 0.3) is 5.56 Å². The number of anilines is 1. The molecule has 4 heteroatoms. The number of nitrogens with two attached hydrogens (primary N) is 1. The van der Waals surface area contributed by atoms with Gasteiger partial charge in [-0.2, -0.15) is 0 Å². The Morgan fingerprint density at radius 1 is 1.28 bits per heavy atom. The number of nitrogen functional groups attached to an aromatic ring is 1. The van der Waals surface area contributed by atoms with E-state index in [9.17, 15) is 4.79 Å². The summed E-state index contributed by atoms with van der Waals surface area (Å²) in [5.74, 6) is 0.816. The zero-order chi connectivity index (χ0) is 12.8. The van der Waals surface area contributed by atoms with E-state index in [4.69, 9.17) is 10.5 Å². The van der Waals surface area contributed by atoms with E-state index in [-0.39, 0.29) is 5.56 Å². The molecule has 1 aromatic rings. The van der Waals surface area contributed by atoms with E-state index < -0.39 is 0 Å². The summed E-state index contributed by atoms with van der Waals surface area (Å²) in [4.78, 5) is 11.6. The molecule has 0 radical (unpaired) electrons. The van der Waals surface area contributed by atoms with Gasteiger partial charge in [-0.25, -0.2) is 0 Å². The van der Waals surface area contributed by atoms with Gasteiger partial charge in [0.05, 0.1) is 0 Å². The highest BCUT2D eigenvalue weighted by Gasteiger charge is 2.12. The third kappa shape index (κ3) is 3.88. The average Bonchev–Trinajstić information content (AvgIpc) is 2.40. The predicted octanol–water partition coefficient (Wildman–Crippen LogP) is 2.03. The summed E-state index contributed by atoms with van der Waals surface area (Å²) >= 11 is 0. The van der Waals surface area contributed by atoms with Crippen LogP contribution in [-0.2, 0) is 11.3 Å². The standard InChI is InChI=1S/C14H22N2O2/c15-13-4-5-14(17)16(11-13)8-2-1-3-12-6-9-18-10-7-12/h4-5,11-12H,1-3,6-10,15H2. The molecule has 0 spiro atoms. The highest BCUT2D eigenvalue weighted by molar-refractivity contribution is 5.33. The molecule has 1 aliphatic heterocycles. The Labute approximate surface area is 108 Å². The summed E-state index contributed by atoms with van der Waals surface area (Å²) in [6, 6.07) is 3.19. The van der Waals surface area contributed by atoms with E-state index in [1.54, 1.807) is 16.8 Å². The van der Waals surface area contributed by atoms with Gasteiger partial charge in [0.2, 0.25) is 0 Å². The third-order valence-electron chi connectivity index (χ3n) is 3.61. The first-order valence-corrected chi connectivity index (χ1v) is 6.79. The second-order valence-corrected chi connectivity index (χ2v) is 5.05. The molecule has 0 aromatic carbocycles. The lowest BCUT2D eigenvalue weighted by atomic mass is 9.94. The summed E-state index contributed by atoms with van der Waals surface area (Å²) in [6.45, 7) is 2.60. The second kappa shape index (κ2) is 6.59. The van der Waals surface area contributed by atoms with Crippen LogP contribution >= 0.6 is 0 Å². The van der Waals surface area contributed by atoms with Crippen molar-refractivity contribution in [3.8, 4) is 0 Å². The van der Waals surface area contributed by atoms with E-state index in [0.29, 0.717) is 5.69 Å². The van der Waals surface area contributed by atoms with Gasteiger partial charge >= 0.3 is 0 Å². The van der Waals surface area contributed by atoms with Crippen LogP contribution in [0, 0.1) is 5.92 Å². The lowest BCUT2D eigenvalue weighted by Crippen LogP contribution is -2.19. The van der Waals surface area contributed by atoms with Gasteiger partial charge < -0.3 is 15.0 Å². The van der Waals surface area contributed by atoms with Crippen LogP contribution in [0.5, 0.6) is 0 Å². The fraction of sp³-hybridized carbons (Fsp3) is 0.643. The highest BCUT2D eigenvalue weighted by Crippen LogP contribution is 2.20. The van der Waals surface area contributed by atoms with Crippen molar-refractivity contribution in [3.05, 3.63) is 28.7 Å². The first-order valence-electron chi connectivity index (χ1n) is 6.79. The lowest BCUT2D eigenvalue weighted by Gasteiger charge is -2.21. The van der Waals surface area contributed by atoms with Crippen LogP contribution < -0.4 is 11.3 Å². The third-order valence-corrected chi connectivity index (χ3v) is 3.61. The summed E-state index contributed by atoms with van der Waals surface area (Å²) in [5, 5.41) is 0. The maximum absolute atomic E-state index is 11.6. The van der Waals surface area contributed by atoms with E-state index in [0.717, 1.165) is 32.1 Å². The zero-order valence-corrected chi connectivity index (χ0v) is 10.8. The number of nitrogens with zero attached hydrogens (tertiary/aromatic N) is 1. The molecule has 0 aliphatic carbocycles. The van der Waals surface area contributed by atoms with E-state index >= 15 is 0 Å². The quantitative estimate of drug-likeness (QED) is 0.813. The minimum Gasteiger partial charge on any atom is -0.398 e. The van der Waals surface area contributed by atoms with Gasteiger partial charge in [-0.3, -0.25) is 4.79 Å². The number of hydrogen-bond donors (Lipinski definition) is 1. The predicted molar refractivity (Wildman–Crippen MR) is 72.5 cm³/mol. The molecule has 2 N–H and O–H groups in total. The molecule has 2 heterocycles. The summed E-state index contributed by atoms with van der Waals surface area (Å²) < 4.78 is 7.05. The smallest absolute Gasteiger partial charge is 0.250 e. The number of ether oxygens (including phenoxy) is 1. The van der Waals surface area contributed by atoms with Gasteiger partial charge in [0.15, 0.2) is 0 Å². The van der Waals surface area contributed by atoms with Gasteiger partial charge in [0, 0.05) is 37.7 Å². The lowest BCUT2D eigenvalue weighted by molar-refractivity contribution is 0.0630. The first kappa shape index (κ1) is 13.1. The van der Waals surface area contributed by atoms with Crippen molar-refractivity contribution in [2.45, 2.75) is 38.6 Å². The molecule has 0 unspecified atom stereocenters. The molecule has 1 aromatic heterocycles. The maximum atomic E-state index is 11.6. The number of hydrogen-bond acceptors (Lipinski definition) is 3. The van der Waals surface area contributed by atoms with Gasteiger partial charge in [-0.05, 0) is 31.2 Å². The van der Waals surface area contributed by atoms with Crippen molar-refractivity contribution < 1.29 is 4.74 Å². The molecule has 1 saturated heterocycles. The largest absolute Gasteiger partial charge is 0.398 e. The van der Waals surface area contributed by atoms with Crippen molar-refractivity contribution in [1.82, 2.24) is 4.57 Å². The van der Waals surface area contributed by atoms with Crippen LogP contribution in [0.2, 0.25) is 0 Å². The van der Waals surface area contributed by atoms with Crippen molar-refractivity contribution >= 4 is 5.69 Å². The molecule has 1 fully saturated rings. The van der Waals surface area contributed by atoms with E-state index in [2.05, 4.69) is 0 Å². The van der Waals surface area contributed by atoms with Gasteiger partial charge in [-0.15, -0.1) is 0 Å². The molecule has 18 heavy (non-hydrogen) atoms. The average molecular weight is 250 g/mol. The summed E-state index contributed by atoms with van der Waals surface area (Å²) in [7, 11) is 0. The van der Waals surface area contributed by atoms with Crippen LogP contribution in [0.25, 0.3) is 0 Å². The monoisotopic (exact) mass is 250 g/mol. The number of aromatic nitrogens is 1. The molecule has 2 rings (SSSR count). The van der Waals surface area contributed by atoms with Crippen LogP contribution in [0.1, 0.15) is 32.1 Å². The second-order valence-electron chi connectivity index (χ2n) is 5.05. The minimum absolute atomic E-state index is 0.0373. The molecular weight excluding hydrogens is 228 g/mol. The van der Waals surface area contributed by atoms with E-state index in [1.807, 2.05) is 0 Å². The van der Waals surface area contributed by atoms with E-state index in [1.165, 1.54) is 31.7 Å². The summed E-state index contributed by atoms with van der Waals surface area (Å²) in [6.07, 6.45) is 7.58. The molecule has 0 bridgehead atoms. The Kier molecular flexibility index (Phi) is 4.81. The molecule has 1 aliphatic rings. The first-order chi connectivity index (χ1) is 8.75. The van der Waals surface area contributed by atoms with Crippen LogP contribution in [-0.4, -0.2) is 17.8 Å². The zero-order valence-electron chi connectivity index (χ0n) is 10.8. The molecule has 0 saturated carbocycles. The molecule has 0 amide bonds.